The predicted molar refractivity (Wildman–Crippen MR) is 114 cm³/mol. The van der Waals surface area contributed by atoms with Gasteiger partial charge in [0, 0.05) is 31.6 Å². The summed E-state index contributed by atoms with van der Waals surface area (Å²) in [6, 6.07) is 7.96. The highest BCUT2D eigenvalue weighted by atomic mass is 16.6. The number of rotatable bonds is 5. The number of carbonyl (C=O) groups excluding carboxylic acids is 4. The van der Waals surface area contributed by atoms with Crippen molar-refractivity contribution in [3.63, 3.8) is 0 Å². The van der Waals surface area contributed by atoms with Crippen molar-refractivity contribution in [3.05, 3.63) is 35.4 Å². The fourth-order valence-corrected chi connectivity index (χ4v) is 3.95. The third-order valence-corrected chi connectivity index (χ3v) is 5.59. The van der Waals surface area contributed by atoms with Crippen LogP contribution in [0.5, 0.6) is 0 Å². The number of hydrogen-bond acceptors (Lipinski definition) is 6. The van der Waals surface area contributed by atoms with Crippen molar-refractivity contribution in [2.45, 2.75) is 57.6 Å². The van der Waals surface area contributed by atoms with Crippen LogP contribution in [0.1, 0.15) is 62.4 Å². The number of hydrogen-bond donors (Lipinski definition) is 1. The van der Waals surface area contributed by atoms with E-state index in [-0.39, 0.29) is 30.7 Å². The molecular weight excluding hydrogens is 412 g/mol. The van der Waals surface area contributed by atoms with Gasteiger partial charge in [-0.25, -0.2) is 4.79 Å². The number of ether oxygens (including phenoxy) is 1. The molecule has 170 valence electrons. The van der Waals surface area contributed by atoms with Gasteiger partial charge in [-0.2, -0.15) is 5.26 Å². The minimum atomic E-state index is -1.01. The van der Waals surface area contributed by atoms with E-state index in [1.807, 2.05) is 6.07 Å². The van der Waals surface area contributed by atoms with Gasteiger partial charge >= 0.3 is 12.0 Å². The van der Waals surface area contributed by atoms with Gasteiger partial charge in [0.25, 0.3) is 11.8 Å². The zero-order valence-corrected chi connectivity index (χ0v) is 18.6. The molecule has 2 heterocycles. The van der Waals surface area contributed by atoms with Crippen LogP contribution in [0.3, 0.4) is 0 Å². The molecule has 1 N–H and O–H groups in total. The van der Waals surface area contributed by atoms with Crippen LogP contribution in [0.25, 0.3) is 0 Å². The number of amides is 4. The molecule has 1 aromatic rings. The van der Waals surface area contributed by atoms with Crippen LogP contribution in [-0.2, 0) is 14.3 Å². The molecule has 0 bridgehead atoms. The van der Waals surface area contributed by atoms with Crippen molar-refractivity contribution in [2.75, 3.05) is 19.6 Å². The maximum absolute atomic E-state index is 13.0. The molecule has 0 aromatic heterocycles. The maximum Gasteiger partial charge on any atom is 0.325 e. The van der Waals surface area contributed by atoms with Gasteiger partial charge in [-0.15, -0.1) is 0 Å². The number of piperidine rings is 1. The second-order valence-corrected chi connectivity index (χ2v) is 9.14. The normalized spacial score (nSPS) is 17.8. The van der Waals surface area contributed by atoms with Crippen LogP contribution < -0.4 is 5.32 Å². The van der Waals surface area contributed by atoms with E-state index in [9.17, 15) is 19.2 Å². The van der Waals surface area contributed by atoms with Gasteiger partial charge in [0.2, 0.25) is 0 Å². The Morgan fingerprint density at radius 2 is 1.78 bits per heavy atom. The minimum absolute atomic E-state index is 0.119. The van der Waals surface area contributed by atoms with E-state index in [1.165, 1.54) is 0 Å². The van der Waals surface area contributed by atoms with E-state index in [2.05, 4.69) is 5.32 Å². The predicted octanol–water partition coefficient (Wildman–Crippen LogP) is 2.21. The molecule has 9 nitrogen and oxygen atoms in total. The van der Waals surface area contributed by atoms with Crippen molar-refractivity contribution in [1.29, 1.82) is 5.26 Å². The zero-order valence-electron chi connectivity index (χ0n) is 18.6. The summed E-state index contributed by atoms with van der Waals surface area (Å²) >= 11 is 0. The molecule has 9 heteroatoms. The van der Waals surface area contributed by atoms with Gasteiger partial charge in [-0.05, 0) is 64.3 Å². The number of likely N-dealkylation sites (tertiary alicyclic amines) is 1. The second-order valence-electron chi connectivity index (χ2n) is 9.14. The molecule has 0 aliphatic carbocycles. The summed E-state index contributed by atoms with van der Waals surface area (Å²) in [5.74, 6) is -0.846. The van der Waals surface area contributed by atoms with E-state index in [4.69, 9.17) is 10.00 Å². The molecule has 2 aliphatic rings. The van der Waals surface area contributed by atoms with Crippen LogP contribution >= 0.6 is 0 Å². The van der Waals surface area contributed by atoms with Gasteiger partial charge in [0.05, 0.1) is 11.6 Å². The number of benzene rings is 1. The SMILES string of the molecule is CC(C)(C)OC(=O)CCCN1C(=O)NC2(CCN(C(=O)c3ccc(C#N)cc3)CC2)C1=O. The summed E-state index contributed by atoms with van der Waals surface area (Å²) in [5, 5.41) is 11.7. The highest BCUT2D eigenvalue weighted by Crippen LogP contribution is 2.30. The minimum Gasteiger partial charge on any atom is -0.460 e. The van der Waals surface area contributed by atoms with E-state index < -0.39 is 17.2 Å². The third-order valence-electron chi connectivity index (χ3n) is 5.59. The Balaban J connectivity index is 1.54. The van der Waals surface area contributed by atoms with Crippen molar-refractivity contribution in [2.24, 2.45) is 0 Å². The van der Waals surface area contributed by atoms with E-state index in [1.54, 1.807) is 49.9 Å². The van der Waals surface area contributed by atoms with Gasteiger partial charge in [0.15, 0.2) is 0 Å². The number of nitriles is 1. The van der Waals surface area contributed by atoms with Crippen LogP contribution in [0.2, 0.25) is 0 Å². The number of urea groups is 1. The Morgan fingerprint density at radius 1 is 1.16 bits per heavy atom. The average Bonchev–Trinajstić information content (AvgIpc) is 2.96. The molecule has 2 saturated heterocycles. The van der Waals surface area contributed by atoms with Crippen molar-refractivity contribution >= 4 is 23.8 Å². The molecule has 0 radical (unpaired) electrons. The van der Waals surface area contributed by atoms with Gasteiger partial charge < -0.3 is 15.0 Å². The highest BCUT2D eigenvalue weighted by Gasteiger charge is 2.52. The molecule has 1 aromatic carbocycles. The van der Waals surface area contributed by atoms with Crippen molar-refractivity contribution in [3.8, 4) is 6.07 Å². The Labute approximate surface area is 187 Å². The first-order valence-corrected chi connectivity index (χ1v) is 10.7. The first kappa shape index (κ1) is 23.3. The fraction of sp³-hybridized carbons (Fsp3) is 0.522. The summed E-state index contributed by atoms with van der Waals surface area (Å²) in [4.78, 5) is 52.8. The first-order valence-electron chi connectivity index (χ1n) is 10.7. The summed E-state index contributed by atoms with van der Waals surface area (Å²) < 4.78 is 5.25. The molecule has 3 rings (SSSR count). The summed E-state index contributed by atoms with van der Waals surface area (Å²) in [7, 11) is 0. The fourth-order valence-electron chi connectivity index (χ4n) is 3.95. The largest absolute Gasteiger partial charge is 0.460 e. The Kier molecular flexibility index (Phi) is 6.53. The lowest BCUT2D eigenvalue weighted by molar-refractivity contribution is -0.155. The molecule has 2 fully saturated rings. The average molecular weight is 441 g/mol. The van der Waals surface area contributed by atoms with Crippen LogP contribution in [-0.4, -0.2) is 64.4 Å². The molecule has 2 aliphatic heterocycles. The Morgan fingerprint density at radius 3 is 2.34 bits per heavy atom. The number of nitrogens with zero attached hydrogens (tertiary/aromatic N) is 3. The van der Waals surface area contributed by atoms with Crippen LogP contribution in [0.15, 0.2) is 24.3 Å². The second kappa shape index (κ2) is 8.99. The summed E-state index contributed by atoms with van der Waals surface area (Å²) in [5.41, 5.74) is -0.633. The molecule has 0 atom stereocenters. The number of carbonyl (C=O) groups is 4. The molecule has 0 unspecified atom stereocenters. The van der Waals surface area contributed by atoms with E-state index in [0.717, 1.165) is 4.90 Å². The van der Waals surface area contributed by atoms with Crippen LogP contribution in [0, 0.1) is 11.3 Å². The Bertz CT molecular complexity index is 950. The number of nitrogens with one attached hydrogen (secondary N) is 1. The van der Waals surface area contributed by atoms with Crippen LogP contribution in [0.4, 0.5) is 4.79 Å². The smallest absolute Gasteiger partial charge is 0.325 e. The molecule has 4 amide bonds. The number of esters is 1. The lowest BCUT2D eigenvalue weighted by atomic mass is 9.87. The maximum atomic E-state index is 13.0. The monoisotopic (exact) mass is 440 g/mol. The highest BCUT2D eigenvalue weighted by molar-refractivity contribution is 6.07. The topological polar surface area (TPSA) is 120 Å². The summed E-state index contributed by atoms with van der Waals surface area (Å²) in [6.07, 6.45) is 1.09. The van der Waals surface area contributed by atoms with Crippen molar-refractivity contribution < 1.29 is 23.9 Å². The van der Waals surface area contributed by atoms with Crippen molar-refractivity contribution in [1.82, 2.24) is 15.1 Å². The van der Waals surface area contributed by atoms with E-state index in [0.29, 0.717) is 43.5 Å². The molecule has 1 spiro atoms. The van der Waals surface area contributed by atoms with Gasteiger partial charge in [-0.3, -0.25) is 19.3 Å². The Hall–Kier alpha value is -3.41. The molecule has 0 saturated carbocycles. The quantitative estimate of drug-likeness (QED) is 0.554. The standard InChI is InChI=1S/C23H28N4O5/c1-22(2,3)32-18(28)5-4-12-27-20(30)23(25-21(27)31)10-13-26(14-11-23)19(29)17-8-6-16(15-24)7-9-17/h6-9H,4-5,10-14H2,1-3H3,(H,25,31). The molecular formula is C23H28N4O5. The first-order chi connectivity index (χ1) is 15.0. The summed E-state index contributed by atoms with van der Waals surface area (Å²) in [6.45, 7) is 6.15. The van der Waals surface area contributed by atoms with Gasteiger partial charge in [0.1, 0.15) is 11.1 Å². The third kappa shape index (κ3) is 5.07. The van der Waals surface area contributed by atoms with E-state index >= 15 is 0 Å². The number of imide groups is 1. The zero-order chi connectivity index (χ0) is 23.5. The molecule has 32 heavy (non-hydrogen) atoms. The van der Waals surface area contributed by atoms with Gasteiger partial charge in [-0.1, -0.05) is 0 Å². The lowest BCUT2D eigenvalue weighted by Gasteiger charge is -2.37. The lowest BCUT2D eigenvalue weighted by Crippen LogP contribution is -2.55.